The molecule has 1 rings (SSSR count). The lowest BCUT2D eigenvalue weighted by molar-refractivity contribution is -0.147. The van der Waals surface area contributed by atoms with Crippen LogP contribution in [-0.4, -0.2) is 24.2 Å². The van der Waals surface area contributed by atoms with E-state index >= 15 is 0 Å². The standard InChI is InChI=1S/C12H17NO3/c1-2-16-12(15)10(8-13)6-9-4-3-5-11(14)7-9/h3-5,7,10,14H,2,6,8,13H2,1H3. The highest BCUT2D eigenvalue weighted by molar-refractivity contribution is 5.73. The summed E-state index contributed by atoms with van der Waals surface area (Å²) in [7, 11) is 0. The van der Waals surface area contributed by atoms with Crippen molar-refractivity contribution in [1.29, 1.82) is 0 Å². The smallest absolute Gasteiger partial charge is 0.310 e. The van der Waals surface area contributed by atoms with Crippen LogP contribution in [0.4, 0.5) is 0 Å². The topological polar surface area (TPSA) is 72.5 Å². The summed E-state index contributed by atoms with van der Waals surface area (Å²) in [6.45, 7) is 2.36. The predicted octanol–water partition coefficient (Wildman–Crippen LogP) is 1.07. The van der Waals surface area contributed by atoms with Gasteiger partial charge in [0.25, 0.3) is 0 Å². The molecule has 1 unspecified atom stereocenters. The van der Waals surface area contributed by atoms with Crippen LogP contribution in [0.5, 0.6) is 5.75 Å². The lowest BCUT2D eigenvalue weighted by Gasteiger charge is -2.13. The number of phenols is 1. The molecule has 16 heavy (non-hydrogen) atoms. The van der Waals surface area contributed by atoms with Crippen LogP contribution in [0.3, 0.4) is 0 Å². The first kappa shape index (κ1) is 12.5. The van der Waals surface area contributed by atoms with E-state index in [9.17, 15) is 9.90 Å². The van der Waals surface area contributed by atoms with Crippen LogP contribution in [0.1, 0.15) is 12.5 Å². The minimum atomic E-state index is -0.346. The Morgan fingerprint density at radius 1 is 1.56 bits per heavy atom. The van der Waals surface area contributed by atoms with Crippen LogP contribution < -0.4 is 5.73 Å². The molecule has 0 aliphatic rings. The molecule has 4 nitrogen and oxygen atoms in total. The summed E-state index contributed by atoms with van der Waals surface area (Å²) in [4.78, 5) is 11.5. The summed E-state index contributed by atoms with van der Waals surface area (Å²) in [6.07, 6.45) is 0.490. The van der Waals surface area contributed by atoms with Gasteiger partial charge in [-0.2, -0.15) is 0 Å². The Morgan fingerprint density at radius 2 is 2.31 bits per heavy atom. The number of carbonyl (C=O) groups excluding carboxylic acids is 1. The van der Waals surface area contributed by atoms with Gasteiger partial charge in [-0.15, -0.1) is 0 Å². The third-order valence-electron chi connectivity index (χ3n) is 2.30. The monoisotopic (exact) mass is 223 g/mol. The maximum Gasteiger partial charge on any atom is 0.310 e. The first-order valence-corrected chi connectivity index (χ1v) is 5.32. The van der Waals surface area contributed by atoms with E-state index in [1.165, 1.54) is 0 Å². The minimum Gasteiger partial charge on any atom is -0.508 e. The summed E-state index contributed by atoms with van der Waals surface area (Å²) in [5, 5.41) is 9.29. The van der Waals surface area contributed by atoms with E-state index in [-0.39, 0.29) is 24.2 Å². The van der Waals surface area contributed by atoms with Crippen LogP contribution in [-0.2, 0) is 16.0 Å². The second kappa shape index (κ2) is 6.12. The normalized spacial score (nSPS) is 12.1. The highest BCUT2D eigenvalue weighted by Crippen LogP contribution is 2.15. The molecule has 0 bridgehead atoms. The Bertz CT molecular complexity index is 352. The third kappa shape index (κ3) is 3.55. The number of benzene rings is 1. The minimum absolute atomic E-state index is 0.192. The number of esters is 1. The van der Waals surface area contributed by atoms with Crippen molar-refractivity contribution in [2.45, 2.75) is 13.3 Å². The molecular formula is C12H17NO3. The van der Waals surface area contributed by atoms with Gasteiger partial charge in [0, 0.05) is 6.54 Å². The zero-order valence-electron chi connectivity index (χ0n) is 9.35. The number of aromatic hydroxyl groups is 1. The van der Waals surface area contributed by atoms with Gasteiger partial charge in [0.1, 0.15) is 5.75 Å². The van der Waals surface area contributed by atoms with E-state index in [1.807, 2.05) is 6.07 Å². The van der Waals surface area contributed by atoms with Crippen LogP contribution in [0.2, 0.25) is 0 Å². The molecule has 0 amide bonds. The quantitative estimate of drug-likeness (QED) is 0.732. The number of hydrogen-bond acceptors (Lipinski definition) is 4. The second-order valence-corrected chi connectivity index (χ2v) is 3.56. The Hall–Kier alpha value is -1.55. The van der Waals surface area contributed by atoms with Gasteiger partial charge in [-0.1, -0.05) is 12.1 Å². The Balaban J connectivity index is 2.66. The SMILES string of the molecule is CCOC(=O)C(CN)Cc1cccc(O)c1. The summed E-state index contributed by atoms with van der Waals surface area (Å²) < 4.78 is 4.92. The zero-order valence-corrected chi connectivity index (χ0v) is 9.35. The fourth-order valence-electron chi connectivity index (χ4n) is 1.49. The van der Waals surface area contributed by atoms with Gasteiger partial charge in [-0.25, -0.2) is 0 Å². The van der Waals surface area contributed by atoms with Crippen molar-refractivity contribution >= 4 is 5.97 Å². The van der Waals surface area contributed by atoms with Crippen molar-refractivity contribution < 1.29 is 14.6 Å². The number of hydrogen-bond donors (Lipinski definition) is 2. The highest BCUT2D eigenvalue weighted by atomic mass is 16.5. The molecule has 0 saturated carbocycles. The fraction of sp³-hybridized carbons (Fsp3) is 0.417. The largest absolute Gasteiger partial charge is 0.508 e. The van der Waals surface area contributed by atoms with Crippen LogP contribution in [0, 0.1) is 5.92 Å². The zero-order chi connectivity index (χ0) is 12.0. The molecular weight excluding hydrogens is 206 g/mol. The van der Waals surface area contributed by atoms with Crippen molar-refractivity contribution in [2.24, 2.45) is 11.7 Å². The average Bonchev–Trinajstić information content (AvgIpc) is 2.26. The number of phenolic OH excluding ortho intramolecular Hbond substituents is 1. The summed E-state index contributed by atoms with van der Waals surface area (Å²) >= 11 is 0. The van der Waals surface area contributed by atoms with Crippen LogP contribution in [0.25, 0.3) is 0 Å². The van der Waals surface area contributed by atoms with Crippen molar-refractivity contribution in [3.05, 3.63) is 29.8 Å². The van der Waals surface area contributed by atoms with Gasteiger partial charge in [-0.3, -0.25) is 4.79 Å². The summed E-state index contributed by atoms with van der Waals surface area (Å²) in [5.74, 6) is -0.438. The first-order chi connectivity index (χ1) is 7.67. The van der Waals surface area contributed by atoms with E-state index in [2.05, 4.69) is 0 Å². The molecule has 3 N–H and O–H groups in total. The third-order valence-corrected chi connectivity index (χ3v) is 2.30. The molecule has 1 aromatic rings. The maximum atomic E-state index is 11.5. The van der Waals surface area contributed by atoms with Crippen molar-refractivity contribution in [1.82, 2.24) is 0 Å². The molecule has 0 heterocycles. The van der Waals surface area contributed by atoms with E-state index < -0.39 is 0 Å². The molecule has 0 aromatic heterocycles. The van der Waals surface area contributed by atoms with Gasteiger partial charge < -0.3 is 15.6 Å². The Kier molecular flexibility index (Phi) is 4.79. The highest BCUT2D eigenvalue weighted by Gasteiger charge is 2.18. The Labute approximate surface area is 95.0 Å². The molecule has 0 radical (unpaired) electrons. The van der Waals surface area contributed by atoms with Crippen LogP contribution in [0.15, 0.2) is 24.3 Å². The maximum absolute atomic E-state index is 11.5. The summed E-state index contributed by atoms with van der Waals surface area (Å²) in [5.41, 5.74) is 6.40. The fourth-order valence-corrected chi connectivity index (χ4v) is 1.49. The van der Waals surface area contributed by atoms with Gasteiger partial charge >= 0.3 is 5.97 Å². The molecule has 4 heteroatoms. The molecule has 0 saturated heterocycles. The molecule has 0 spiro atoms. The van der Waals surface area contributed by atoms with E-state index in [0.29, 0.717) is 13.0 Å². The van der Waals surface area contributed by atoms with Gasteiger partial charge in [-0.05, 0) is 31.0 Å². The first-order valence-electron chi connectivity index (χ1n) is 5.32. The molecule has 0 aliphatic heterocycles. The lowest BCUT2D eigenvalue weighted by Crippen LogP contribution is -2.27. The molecule has 1 atom stereocenters. The van der Waals surface area contributed by atoms with E-state index in [4.69, 9.17) is 10.5 Å². The van der Waals surface area contributed by atoms with Gasteiger partial charge in [0.15, 0.2) is 0 Å². The average molecular weight is 223 g/mol. The number of carbonyl (C=O) groups is 1. The number of nitrogens with two attached hydrogens (primary N) is 1. The van der Waals surface area contributed by atoms with E-state index in [0.717, 1.165) is 5.56 Å². The van der Waals surface area contributed by atoms with Crippen molar-refractivity contribution in [2.75, 3.05) is 13.2 Å². The Morgan fingerprint density at radius 3 is 2.88 bits per heavy atom. The van der Waals surface area contributed by atoms with Gasteiger partial charge in [0.05, 0.1) is 12.5 Å². The van der Waals surface area contributed by atoms with Crippen LogP contribution >= 0.6 is 0 Å². The molecule has 0 aliphatic carbocycles. The second-order valence-electron chi connectivity index (χ2n) is 3.56. The van der Waals surface area contributed by atoms with E-state index in [1.54, 1.807) is 25.1 Å². The van der Waals surface area contributed by atoms with Crippen molar-refractivity contribution in [3.8, 4) is 5.75 Å². The lowest BCUT2D eigenvalue weighted by atomic mass is 9.99. The molecule has 88 valence electrons. The number of rotatable bonds is 5. The predicted molar refractivity (Wildman–Crippen MR) is 61.0 cm³/mol. The summed E-state index contributed by atoms with van der Waals surface area (Å²) in [6, 6.07) is 6.80. The number of ether oxygens (including phenoxy) is 1. The molecule has 1 aromatic carbocycles. The van der Waals surface area contributed by atoms with Gasteiger partial charge in [0.2, 0.25) is 0 Å². The molecule has 0 fully saturated rings. The van der Waals surface area contributed by atoms with Crippen molar-refractivity contribution in [3.63, 3.8) is 0 Å².